The summed E-state index contributed by atoms with van der Waals surface area (Å²) in [6.45, 7) is 2.44. The normalized spacial score (nSPS) is 11.3. The number of imidazole rings is 1. The number of hydrogen-bond acceptors (Lipinski definition) is 4. The number of fused-ring (bicyclic) bond motifs is 1. The SMILES string of the molecule is Cc1noc(CCn2c(CCl)nc3cccc(Cl)c32)n1. The van der Waals surface area contributed by atoms with Gasteiger partial charge in [-0.15, -0.1) is 11.6 Å². The molecule has 0 aliphatic heterocycles. The summed E-state index contributed by atoms with van der Waals surface area (Å²) in [6.07, 6.45) is 0.613. The van der Waals surface area contributed by atoms with Gasteiger partial charge in [0.15, 0.2) is 5.82 Å². The number of aryl methyl sites for hydroxylation is 3. The van der Waals surface area contributed by atoms with Crippen molar-refractivity contribution < 1.29 is 4.52 Å². The maximum Gasteiger partial charge on any atom is 0.228 e. The van der Waals surface area contributed by atoms with Crippen LogP contribution in [0.25, 0.3) is 11.0 Å². The van der Waals surface area contributed by atoms with Crippen molar-refractivity contribution in [1.82, 2.24) is 19.7 Å². The molecular weight excluding hydrogens is 299 g/mol. The number of benzene rings is 1. The third-order valence-corrected chi connectivity index (χ3v) is 3.58. The third kappa shape index (κ3) is 2.39. The molecule has 0 bridgehead atoms. The van der Waals surface area contributed by atoms with Crippen molar-refractivity contribution in [1.29, 1.82) is 0 Å². The summed E-state index contributed by atoms with van der Waals surface area (Å²) in [6, 6.07) is 5.64. The second-order valence-electron chi connectivity index (χ2n) is 4.41. The fourth-order valence-corrected chi connectivity index (χ4v) is 2.66. The van der Waals surface area contributed by atoms with Crippen molar-refractivity contribution in [2.45, 2.75) is 25.8 Å². The summed E-state index contributed by atoms with van der Waals surface area (Å²) < 4.78 is 7.12. The molecular formula is C13H12Cl2N4O. The molecule has 2 aromatic heterocycles. The Morgan fingerprint density at radius 3 is 2.85 bits per heavy atom. The molecule has 2 heterocycles. The maximum absolute atomic E-state index is 6.26. The summed E-state index contributed by atoms with van der Waals surface area (Å²) in [5.74, 6) is 2.34. The summed E-state index contributed by atoms with van der Waals surface area (Å²) in [4.78, 5) is 8.68. The van der Waals surface area contributed by atoms with Crippen LogP contribution in [0.1, 0.15) is 17.5 Å². The molecule has 3 aromatic rings. The molecule has 104 valence electrons. The highest BCUT2D eigenvalue weighted by Gasteiger charge is 2.13. The highest BCUT2D eigenvalue weighted by molar-refractivity contribution is 6.35. The van der Waals surface area contributed by atoms with Gasteiger partial charge < -0.3 is 9.09 Å². The monoisotopic (exact) mass is 310 g/mol. The van der Waals surface area contributed by atoms with Gasteiger partial charge in [0.1, 0.15) is 5.82 Å². The van der Waals surface area contributed by atoms with Crippen molar-refractivity contribution in [2.24, 2.45) is 0 Å². The van der Waals surface area contributed by atoms with Crippen LogP contribution in [0.3, 0.4) is 0 Å². The van der Waals surface area contributed by atoms with Crippen LogP contribution in [0.15, 0.2) is 22.7 Å². The molecule has 0 unspecified atom stereocenters. The Morgan fingerprint density at radius 1 is 1.30 bits per heavy atom. The number of para-hydroxylation sites is 1. The van der Waals surface area contributed by atoms with Crippen molar-refractivity contribution >= 4 is 34.2 Å². The van der Waals surface area contributed by atoms with E-state index in [1.165, 1.54) is 0 Å². The molecule has 0 spiro atoms. The zero-order chi connectivity index (χ0) is 14.1. The second kappa shape index (κ2) is 5.42. The molecule has 0 N–H and O–H groups in total. The molecule has 0 aliphatic carbocycles. The van der Waals surface area contributed by atoms with Gasteiger partial charge >= 0.3 is 0 Å². The molecule has 7 heteroatoms. The molecule has 0 fully saturated rings. The zero-order valence-corrected chi connectivity index (χ0v) is 12.3. The Balaban J connectivity index is 1.97. The second-order valence-corrected chi connectivity index (χ2v) is 5.08. The van der Waals surface area contributed by atoms with Gasteiger partial charge in [0.25, 0.3) is 0 Å². The lowest BCUT2D eigenvalue weighted by Crippen LogP contribution is -2.05. The van der Waals surface area contributed by atoms with Gasteiger partial charge in [-0.2, -0.15) is 4.98 Å². The van der Waals surface area contributed by atoms with Crippen LogP contribution in [0, 0.1) is 6.92 Å². The summed E-state index contributed by atoms with van der Waals surface area (Å²) >= 11 is 12.2. The molecule has 1 aromatic carbocycles. The Hall–Kier alpha value is -1.59. The predicted octanol–water partition coefficient (Wildman–Crippen LogP) is 3.36. The van der Waals surface area contributed by atoms with Crippen LogP contribution < -0.4 is 0 Å². The zero-order valence-electron chi connectivity index (χ0n) is 10.8. The molecule has 0 radical (unpaired) electrons. The molecule has 0 saturated heterocycles. The van der Waals surface area contributed by atoms with E-state index in [0.717, 1.165) is 16.9 Å². The van der Waals surface area contributed by atoms with Crippen LogP contribution in [-0.2, 0) is 18.8 Å². The quantitative estimate of drug-likeness (QED) is 0.693. The lowest BCUT2D eigenvalue weighted by atomic mass is 10.3. The fourth-order valence-electron chi connectivity index (χ4n) is 2.18. The minimum absolute atomic E-state index is 0.327. The van der Waals surface area contributed by atoms with E-state index in [9.17, 15) is 0 Å². The van der Waals surface area contributed by atoms with Crippen LogP contribution >= 0.6 is 23.2 Å². The fraction of sp³-hybridized carbons (Fsp3) is 0.308. The number of alkyl halides is 1. The Labute approximate surface area is 125 Å². The highest BCUT2D eigenvalue weighted by Crippen LogP contribution is 2.25. The van der Waals surface area contributed by atoms with Crippen LogP contribution in [0.5, 0.6) is 0 Å². The van der Waals surface area contributed by atoms with Gasteiger partial charge in [-0.05, 0) is 19.1 Å². The van der Waals surface area contributed by atoms with E-state index in [-0.39, 0.29) is 0 Å². The van der Waals surface area contributed by atoms with E-state index in [2.05, 4.69) is 15.1 Å². The standard InChI is InChI=1S/C13H12Cl2N4O/c1-8-16-12(20-18-8)5-6-19-11(7-14)17-10-4-2-3-9(15)13(10)19/h2-4H,5-7H2,1H3. The Bertz CT molecular complexity index is 750. The van der Waals surface area contributed by atoms with Crippen LogP contribution in [0.2, 0.25) is 5.02 Å². The summed E-state index contributed by atoms with van der Waals surface area (Å²) in [5, 5.41) is 4.44. The smallest absolute Gasteiger partial charge is 0.228 e. The van der Waals surface area contributed by atoms with Gasteiger partial charge in [-0.3, -0.25) is 0 Å². The topological polar surface area (TPSA) is 56.7 Å². The van der Waals surface area contributed by atoms with Crippen LogP contribution in [0.4, 0.5) is 0 Å². The first kappa shape index (κ1) is 13.4. The molecule has 5 nitrogen and oxygen atoms in total. The first-order chi connectivity index (χ1) is 9.69. The van der Waals surface area contributed by atoms with E-state index in [0.29, 0.717) is 35.6 Å². The minimum Gasteiger partial charge on any atom is -0.339 e. The van der Waals surface area contributed by atoms with Gasteiger partial charge in [-0.25, -0.2) is 4.98 Å². The summed E-state index contributed by atoms with van der Waals surface area (Å²) in [7, 11) is 0. The average molecular weight is 311 g/mol. The van der Waals surface area contributed by atoms with Gasteiger partial charge in [-0.1, -0.05) is 22.8 Å². The maximum atomic E-state index is 6.26. The highest BCUT2D eigenvalue weighted by atomic mass is 35.5. The molecule has 0 amide bonds. The van der Waals surface area contributed by atoms with Crippen molar-refractivity contribution in [3.8, 4) is 0 Å². The molecule has 0 saturated carbocycles. The number of nitrogens with zero attached hydrogens (tertiary/aromatic N) is 4. The average Bonchev–Trinajstić information content (AvgIpc) is 3.00. The van der Waals surface area contributed by atoms with Crippen molar-refractivity contribution in [3.05, 3.63) is 40.8 Å². The van der Waals surface area contributed by atoms with Crippen molar-refractivity contribution in [3.63, 3.8) is 0 Å². The van der Waals surface area contributed by atoms with Crippen LogP contribution in [-0.4, -0.2) is 19.7 Å². The lowest BCUT2D eigenvalue weighted by Gasteiger charge is -2.06. The minimum atomic E-state index is 0.327. The van der Waals surface area contributed by atoms with E-state index in [1.54, 1.807) is 6.92 Å². The molecule has 20 heavy (non-hydrogen) atoms. The lowest BCUT2D eigenvalue weighted by molar-refractivity contribution is 0.368. The Morgan fingerprint density at radius 2 is 2.15 bits per heavy atom. The van der Waals surface area contributed by atoms with E-state index in [4.69, 9.17) is 27.7 Å². The van der Waals surface area contributed by atoms with E-state index in [1.807, 2.05) is 22.8 Å². The first-order valence-electron chi connectivity index (χ1n) is 6.18. The van der Waals surface area contributed by atoms with E-state index >= 15 is 0 Å². The largest absolute Gasteiger partial charge is 0.339 e. The number of hydrogen-bond donors (Lipinski definition) is 0. The predicted molar refractivity (Wildman–Crippen MR) is 77.0 cm³/mol. The molecule has 3 rings (SSSR count). The Kier molecular flexibility index (Phi) is 3.63. The van der Waals surface area contributed by atoms with Crippen molar-refractivity contribution in [2.75, 3.05) is 0 Å². The number of rotatable bonds is 4. The van der Waals surface area contributed by atoms with E-state index < -0.39 is 0 Å². The molecule has 0 atom stereocenters. The van der Waals surface area contributed by atoms with Gasteiger partial charge in [0, 0.05) is 13.0 Å². The molecule has 0 aliphatic rings. The number of aromatic nitrogens is 4. The first-order valence-corrected chi connectivity index (χ1v) is 7.09. The number of halogens is 2. The van der Waals surface area contributed by atoms with Gasteiger partial charge in [0.2, 0.25) is 5.89 Å². The van der Waals surface area contributed by atoms with Gasteiger partial charge in [0.05, 0.1) is 21.9 Å². The summed E-state index contributed by atoms with van der Waals surface area (Å²) in [5.41, 5.74) is 1.73. The third-order valence-electron chi connectivity index (χ3n) is 3.03.